The van der Waals surface area contributed by atoms with Gasteiger partial charge < -0.3 is 10.6 Å². The highest BCUT2D eigenvalue weighted by Crippen LogP contribution is 2.28. The maximum Gasteiger partial charge on any atom is 0.243 e. The van der Waals surface area contributed by atoms with Crippen molar-refractivity contribution < 1.29 is 9.59 Å². The fourth-order valence-electron chi connectivity index (χ4n) is 4.05. The summed E-state index contributed by atoms with van der Waals surface area (Å²) in [6, 6.07) is 30.1. The first-order valence-electron chi connectivity index (χ1n) is 11.7. The van der Waals surface area contributed by atoms with Gasteiger partial charge in [-0.15, -0.1) is 0 Å². The molecule has 0 bridgehead atoms. The van der Waals surface area contributed by atoms with Crippen LogP contribution in [0.3, 0.4) is 0 Å². The average molecular weight is 551 g/mol. The molecular formula is C30H23BrN4O2. The monoisotopic (exact) mass is 550 g/mol. The molecule has 0 unspecified atom stereocenters. The van der Waals surface area contributed by atoms with Crippen LogP contribution in [0, 0.1) is 6.92 Å². The standard InChI is InChI=1S/C30H23BrN4O2/c1-19-12-14-25-23(16-19)28(20-8-4-2-5-9-20)35-30(34-25)32-18-27(36)33-26-15-13-22(31)17-24(26)29(37)21-10-6-3-7-11-21/h2-17H,18H2,1H3,(H,33,36)(H,32,34,35). The van der Waals surface area contributed by atoms with Gasteiger partial charge >= 0.3 is 0 Å². The molecule has 5 rings (SSSR count). The molecule has 37 heavy (non-hydrogen) atoms. The van der Waals surface area contributed by atoms with Crippen molar-refractivity contribution in [3.05, 3.63) is 118 Å². The number of aromatic nitrogens is 2. The molecule has 7 heteroatoms. The summed E-state index contributed by atoms with van der Waals surface area (Å²) in [5, 5.41) is 6.84. The molecule has 0 aliphatic heterocycles. The first kappa shape index (κ1) is 24.3. The Balaban J connectivity index is 1.38. The topological polar surface area (TPSA) is 84.0 Å². The fraction of sp³-hybridized carbons (Fsp3) is 0.0667. The van der Waals surface area contributed by atoms with Crippen molar-refractivity contribution in [2.75, 3.05) is 17.2 Å². The molecule has 0 aliphatic rings. The van der Waals surface area contributed by atoms with Crippen LogP contribution < -0.4 is 10.6 Å². The highest BCUT2D eigenvalue weighted by Gasteiger charge is 2.17. The van der Waals surface area contributed by atoms with Gasteiger partial charge in [-0.2, -0.15) is 0 Å². The van der Waals surface area contributed by atoms with Gasteiger partial charge in [-0.05, 0) is 37.3 Å². The van der Waals surface area contributed by atoms with Crippen molar-refractivity contribution in [3.63, 3.8) is 0 Å². The Morgan fingerprint density at radius 1 is 0.838 bits per heavy atom. The number of anilines is 2. The number of carbonyl (C=O) groups is 2. The number of carbonyl (C=O) groups excluding carboxylic acids is 2. The van der Waals surface area contributed by atoms with Gasteiger partial charge in [-0.1, -0.05) is 88.2 Å². The maximum absolute atomic E-state index is 13.1. The Hall–Kier alpha value is -4.36. The van der Waals surface area contributed by atoms with Crippen molar-refractivity contribution in [3.8, 4) is 11.3 Å². The SMILES string of the molecule is Cc1ccc2nc(NCC(=O)Nc3ccc(Br)cc3C(=O)c3ccccc3)nc(-c3ccccc3)c2c1. The van der Waals surface area contributed by atoms with Crippen LogP contribution in [0.5, 0.6) is 0 Å². The van der Waals surface area contributed by atoms with Crippen LogP contribution in [-0.4, -0.2) is 28.2 Å². The van der Waals surface area contributed by atoms with Crippen molar-refractivity contribution in [2.24, 2.45) is 0 Å². The minimum absolute atomic E-state index is 0.0688. The summed E-state index contributed by atoms with van der Waals surface area (Å²) < 4.78 is 0.746. The second-order valence-electron chi connectivity index (χ2n) is 8.57. The number of nitrogens with one attached hydrogen (secondary N) is 2. The molecule has 0 saturated carbocycles. The predicted molar refractivity (Wildman–Crippen MR) is 151 cm³/mol. The number of amides is 1. The Morgan fingerprint density at radius 3 is 2.32 bits per heavy atom. The lowest BCUT2D eigenvalue weighted by atomic mass is 10.0. The van der Waals surface area contributed by atoms with Crippen LogP contribution in [0.4, 0.5) is 11.6 Å². The van der Waals surface area contributed by atoms with E-state index in [1.54, 1.807) is 30.3 Å². The summed E-state index contributed by atoms with van der Waals surface area (Å²) in [6.45, 7) is 1.96. The zero-order valence-electron chi connectivity index (χ0n) is 20.0. The summed E-state index contributed by atoms with van der Waals surface area (Å²) in [6.07, 6.45) is 0. The molecule has 0 fully saturated rings. The van der Waals surface area contributed by atoms with E-state index in [0.717, 1.165) is 32.2 Å². The predicted octanol–water partition coefficient (Wildman–Crippen LogP) is 6.65. The summed E-state index contributed by atoms with van der Waals surface area (Å²) >= 11 is 3.42. The molecule has 0 spiro atoms. The second kappa shape index (κ2) is 10.7. The van der Waals surface area contributed by atoms with Crippen molar-refractivity contribution in [2.45, 2.75) is 6.92 Å². The van der Waals surface area contributed by atoms with E-state index in [0.29, 0.717) is 22.8 Å². The first-order valence-corrected chi connectivity index (χ1v) is 12.5. The largest absolute Gasteiger partial charge is 0.345 e. The molecule has 1 aromatic heterocycles. The van der Waals surface area contributed by atoms with Crippen LogP contribution in [0.15, 0.2) is 102 Å². The third-order valence-electron chi connectivity index (χ3n) is 5.84. The van der Waals surface area contributed by atoms with Crippen molar-refractivity contribution in [1.82, 2.24) is 9.97 Å². The van der Waals surface area contributed by atoms with Gasteiger partial charge in [0.15, 0.2) is 5.78 Å². The number of fused-ring (bicyclic) bond motifs is 1. The Morgan fingerprint density at radius 2 is 1.57 bits per heavy atom. The van der Waals surface area contributed by atoms with Gasteiger partial charge in [0.25, 0.3) is 0 Å². The Bertz CT molecular complexity index is 1610. The Kier molecular flexibility index (Phi) is 7.05. The zero-order chi connectivity index (χ0) is 25.8. The third-order valence-corrected chi connectivity index (χ3v) is 6.34. The van der Waals surface area contributed by atoms with Gasteiger partial charge in [0.1, 0.15) is 0 Å². The quantitative estimate of drug-likeness (QED) is 0.221. The number of aryl methyl sites for hydroxylation is 1. The van der Waals surface area contributed by atoms with E-state index in [9.17, 15) is 9.59 Å². The normalized spacial score (nSPS) is 10.8. The van der Waals surface area contributed by atoms with E-state index in [4.69, 9.17) is 4.98 Å². The number of hydrogen-bond acceptors (Lipinski definition) is 5. The summed E-state index contributed by atoms with van der Waals surface area (Å²) in [4.78, 5) is 35.3. The van der Waals surface area contributed by atoms with E-state index < -0.39 is 0 Å². The lowest BCUT2D eigenvalue weighted by Crippen LogP contribution is -2.24. The third kappa shape index (κ3) is 5.57. The lowest BCUT2D eigenvalue weighted by Gasteiger charge is -2.13. The van der Waals surface area contributed by atoms with Crippen LogP contribution in [0.2, 0.25) is 0 Å². The van der Waals surface area contributed by atoms with Crippen LogP contribution in [0.1, 0.15) is 21.5 Å². The van der Waals surface area contributed by atoms with Gasteiger partial charge in [0.2, 0.25) is 11.9 Å². The molecule has 6 nitrogen and oxygen atoms in total. The van der Waals surface area contributed by atoms with Crippen molar-refractivity contribution >= 4 is 50.2 Å². The number of benzene rings is 4. The molecule has 182 valence electrons. The molecule has 0 atom stereocenters. The van der Waals surface area contributed by atoms with Crippen LogP contribution in [-0.2, 0) is 4.79 Å². The zero-order valence-corrected chi connectivity index (χ0v) is 21.6. The van der Waals surface area contributed by atoms with Gasteiger partial charge in [0, 0.05) is 26.5 Å². The number of rotatable bonds is 7. The first-order chi connectivity index (χ1) is 18.0. The highest BCUT2D eigenvalue weighted by atomic mass is 79.9. The number of ketones is 1. The van der Waals surface area contributed by atoms with Gasteiger partial charge in [-0.25, -0.2) is 9.97 Å². The van der Waals surface area contributed by atoms with E-state index in [2.05, 4.69) is 37.6 Å². The molecule has 1 heterocycles. The smallest absolute Gasteiger partial charge is 0.243 e. The van der Waals surface area contributed by atoms with Gasteiger partial charge in [0.05, 0.1) is 23.4 Å². The van der Waals surface area contributed by atoms with Gasteiger partial charge in [-0.3, -0.25) is 9.59 Å². The fourth-order valence-corrected chi connectivity index (χ4v) is 4.41. The number of nitrogens with zero attached hydrogens (tertiary/aromatic N) is 2. The highest BCUT2D eigenvalue weighted by molar-refractivity contribution is 9.10. The maximum atomic E-state index is 13.1. The average Bonchev–Trinajstić information content (AvgIpc) is 2.93. The Labute approximate surface area is 222 Å². The van der Waals surface area contributed by atoms with E-state index in [1.165, 1.54) is 0 Å². The molecule has 2 N–H and O–H groups in total. The molecular weight excluding hydrogens is 528 g/mol. The summed E-state index contributed by atoms with van der Waals surface area (Å²) in [7, 11) is 0. The van der Waals surface area contributed by atoms with Crippen LogP contribution in [0.25, 0.3) is 22.2 Å². The molecule has 4 aromatic carbocycles. The van der Waals surface area contributed by atoms with E-state index in [1.807, 2.05) is 67.6 Å². The number of halogens is 1. The van der Waals surface area contributed by atoms with Crippen molar-refractivity contribution in [1.29, 1.82) is 0 Å². The lowest BCUT2D eigenvalue weighted by molar-refractivity contribution is -0.114. The number of hydrogen-bond donors (Lipinski definition) is 2. The minimum Gasteiger partial charge on any atom is -0.345 e. The molecule has 5 aromatic rings. The summed E-state index contributed by atoms with van der Waals surface area (Å²) in [5.41, 5.74) is 5.03. The molecule has 0 aliphatic carbocycles. The molecule has 0 saturated heterocycles. The summed E-state index contributed by atoms with van der Waals surface area (Å²) in [5.74, 6) is -0.147. The molecule has 1 amide bonds. The second-order valence-corrected chi connectivity index (χ2v) is 9.48. The van der Waals surface area contributed by atoms with E-state index in [-0.39, 0.29) is 18.2 Å². The molecule has 0 radical (unpaired) electrons. The van der Waals surface area contributed by atoms with Crippen LogP contribution >= 0.6 is 15.9 Å². The minimum atomic E-state index is -0.321. The van der Waals surface area contributed by atoms with E-state index >= 15 is 0 Å².